The summed E-state index contributed by atoms with van der Waals surface area (Å²) in [5, 5.41) is 6.91. The van der Waals surface area contributed by atoms with Crippen LogP contribution in [0.4, 0.5) is 5.95 Å². The molecule has 30 heavy (non-hydrogen) atoms. The summed E-state index contributed by atoms with van der Waals surface area (Å²) in [6.45, 7) is 0. The molecular formula is C24H16ClN5. The number of rotatable bonds is 4. The summed E-state index contributed by atoms with van der Waals surface area (Å²) in [7, 11) is 0. The molecule has 2 heterocycles. The van der Waals surface area contributed by atoms with Gasteiger partial charge in [0.25, 0.3) is 0 Å². The minimum Gasteiger partial charge on any atom is -0.247 e. The molecule has 0 radical (unpaired) electrons. The van der Waals surface area contributed by atoms with Crippen LogP contribution in [0, 0.1) is 0 Å². The lowest BCUT2D eigenvalue weighted by Gasteiger charge is -2.09. The summed E-state index contributed by atoms with van der Waals surface area (Å²) in [5.74, 6) is 0.403. The van der Waals surface area contributed by atoms with Crippen LogP contribution in [-0.4, -0.2) is 21.2 Å². The van der Waals surface area contributed by atoms with Crippen molar-refractivity contribution in [2.24, 2.45) is 5.10 Å². The van der Waals surface area contributed by atoms with Crippen LogP contribution < -0.4 is 5.43 Å². The maximum atomic E-state index is 6.21. The Morgan fingerprint density at radius 3 is 2.50 bits per heavy atom. The van der Waals surface area contributed by atoms with Crippen LogP contribution >= 0.6 is 11.6 Å². The van der Waals surface area contributed by atoms with Crippen LogP contribution in [0.5, 0.6) is 0 Å². The van der Waals surface area contributed by atoms with Crippen molar-refractivity contribution in [2.45, 2.75) is 0 Å². The number of para-hydroxylation sites is 1. The van der Waals surface area contributed by atoms with Crippen LogP contribution in [0.1, 0.15) is 5.69 Å². The van der Waals surface area contributed by atoms with Crippen molar-refractivity contribution >= 4 is 45.6 Å². The van der Waals surface area contributed by atoms with Crippen LogP contribution in [0.2, 0.25) is 5.02 Å². The zero-order valence-corrected chi connectivity index (χ0v) is 16.6. The second-order valence-electron chi connectivity index (χ2n) is 6.72. The smallest absolute Gasteiger partial charge is 0.244 e. The molecule has 0 aliphatic carbocycles. The molecule has 0 saturated carbocycles. The highest BCUT2D eigenvalue weighted by Crippen LogP contribution is 2.29. The second-order valence-corrected chi connectivity index (χ2v) is 7.16. The molecule has 0 amide bonds. The topological polar surface area (TPSA) is 63.1 Å². The lowest BCUT2D eigenvalue weighted by molar-refractivity contribution is 1.15. The Balaban J connectivity index is 1.49. The summed E-state index contributed by atoms with van der Waals surface area (Å²) < 4.78 is 0. The van der Waals surface area contributed by atoms with Gasteiger partial charge in [0.2, 0.25) is 5.95 Å². The highest BCUT2D eigenvalue weighted by molar-refractivity contribution is 6.31. The van der Waals surface area contributed by atoms with Gasteiger partial charge in [0.05, 0.1) is 28.6 Å². The SMILES string of the molecule is Clc1ccc2nc(N/N=C/c3ccc4ccccc4n3)nc(-c3ccccc3)c2c1. The third-order valence-corrected chi connectivity index (χ3v) is 4.92. The molecule has 0 atom stereocenters. The van der Waals surface area contributed by atoms with E-state index >= 15 is 0 Å². The lowest BCUT2D eigenvalue weighted by Crippen LogP contribution is -2.00. The van der Waals surface area contributed by atoms with E-state index in [4.69, 9.17) is 11.6 Å². The van der Waals surface area contributed by atoms with E-state index in [1.54, 1.807) is 6.21 Å². The maximum Gasteiger partial charge on any atom is 0.244 e. The molecule has 2 aromatic heterocycles. The van der Waals surface area contributed by atoms with Crippen molar-refractivity contribution in [3.05, 3.63) is 95.6 Å². The Bertz CT molecular complexity index is 1380. The summed E-state index contributed by atoms with van der Waals surface area (Å²) in [4.78, 5) is 13.8. The monoisotopic (exact) mass is 409 g/mol. The summed E-state index contributed by atoms with van der Waals surface area (Å²) in [5.41, 5.74) is 7.17. The molecule has 1 N–H and O–H groups in total. The quantitative estimate of drug-likeness (QED) is 0.294. The Hall–Kier alpha value is -3.83. The van der Waals surface area contributed by atoms with E-state index in [-0.39, 0.29) is 0 Å². The molecule has 5 rings (SSSR count). The molecule has 0 spiro atoms. The van der Waals surface area contributed by atoms with E-state index in [1.807, 2.05) is 84.9 Å². The highest BCUT2D eigenvalue weighted by Gasteiger charge is 2.10. The molecule has 0 saturated heterocycles. The first kappa shape index (κ1) is 18.2. The average molecular weight is 410 g/mol. The minimum absolute atomic E-state index is 0.403. The first-order valence-corrected chi connectivity index (χ1v) is 9.82. The molecule has 0 aliphatic rings. The summed E-state index contributed by atoms with van der Waals surface area (Å²) in [6.07, 6.45) is 1.66. The highest BCUT2D eigenvalue weighted by atomic mass is 35.5. The predicted octanol–water partition coefficient (Wildman–Crippen LogP) is 5.94. The number of hydrogen-bond donors (Lipinski definition) is 1. The summed E-state index contributed by atoms with van der Waals surface area (Å²) >= 11 is 6.21. The third kappa shape index (κ3) is 3.71. The van der Waals surface area contributed by atoms with E-state index in [0.29, 0.717) is 11.0 Å². The fourth-order valence-electron chi connectivity index (χ4n) is 3.28. The van der Waals surface area contributed by atoms with Gasteiger partial charge in [-0.25, -0.2) is 20.4 Å². The van der Waals surface area contributed by atoms with Crippen molar-refractivity contribution in [1.29, 1.82) is 0 Å². The lowest BCUT2D eigenvalue weighted by atomic mass is 10.1. The molecule has 6 heteroatoms. The average Bonchev–Trinajstić information content (AvgIpc) is 2.79. The fraction of sp³-hybridized carbons (Fsp3) is 0. The van der Waals surface area contributed by atoms with Crippen LogP contribution in [-0.2, 0) is 0 Å². The van der Waals surface area contributed by atoms with Gasteiger partial charge in [-0.05, 0) is 30.3 Å². The number of anilines is 1. The number of pyridine rings is 1. The van der Waals surface area contributed by atoms with Crippen LogP contribution in [0.3, 0.4) is 0 Å². The first-order chi connectivity index (χ1) is 14.8. The van der Waals surface area contributed by atoms with Gasteiger partial charge in [-0.3, -0.25) is 0 Å². The fourth-order valence-corrected chi connectivity index (χ4v) is 3.45. The molecule has 0 fully saturated rings. The standard InChI is InChI=1S/C24H16ClN5/c25-18-11-13-22-20(14-18)23(17-7-2-1-3-8-17)29-24(28-22)30-26-15-19-12-10-16-6-4-5-9-21(16)27-19/h1-15H,(H,28,29,30)/b26-15+. The molecule has 144 valence electrons. The van der Waals surface area contributed by atoms with Crippen LogP contribution in [0.15, 0.2) is 90.0 Å². The van der Waals surface area contributed by atoms with Gasteiger partial charge in [-0.2, -0.15) is 5.10 Å². The van der Waals surface area contributed by atoms with Crippen molar-refractivity contribution in [3.63, 3.8) is 0 Å². The number of benzene rings is 3. The maximum absolute atomic E-state index is 6.21. The molecule has 3 aromatic carbocycles. The molecule has 5 aromatic rings. The van der Waals surface area contributed by atoms with Crippen molar-refractivity contribution in [1.82, 2.24) is 15.0 Å². The van der Waals surface area contributed by atoms with Gasteiger partial charge in [-0.15, -0.1) is 0 Å². The number of aromatic nitrogens is 3. The third-order valence-electron chi connectivity index (χ3n) is 4.69. The largest absolute Gasteiger partial charge is 0.247 e. The van der Waals surface area contributed by atoms with Crippen molar-refractivity contribution < 1.29 is 0 Å². The predicted molar refractivity (Wildman–Crippen MR) is 123 cm³/mol. The normalized spacial score (nSPS) is 11.4. The van der Waals surface area contributed by atoms with Crippen LogP contribution in [0.25, 0.3) is 33.1 Å². The van der Waals surface area contributed by atoms with Gasteiger partial charge in [0.15, 0.2) is 0 Å². The van der Waals surface area contributed by atoms with Gasteiger partial charge < -0.3 is 0 Å². The van der Waals surface area contributed by atoms with E-state index in [1.165, 1.54) is 0 Å². The number of nitrogens with one attached hydrogen (secondary N) is 1. The first-order valence-electron chi connectivity index (χ1n) is 9.44. The number of nitrogens with zero attached hydrogens (tertiary/aromatic N) is 4. The number of halogens is 1. The van der Waals surface area contributed by atoms with Gasteiger partial charge >= 0.3 is 0 Å². The Morgan fingerprint density at radius 1 is 0.767 bits per heavy atom. The number of hydrazone groups is 1. The molecule has 0 bridgehead atoms. The van der Waals surface area contributed by atoms with Crippen molar-refractivity contribution in [2.75, 3.05) is 5.43 Å². The van der Waals surface area contributed by atoms with E-state index in [2.05, 4.69) is 25.5 Å². The Morgan fingerprint density at radius 2 is 1.60 bits per heavy atom. The summed E-state index contributed by atoms with van der Waals surface area (Å²) in [6, 6.07) is 27.4. The second kappa shape index (κ2) is 7.89. The minimum atomic E-state index is 0.403. The number of fused-ring (bicyclic) bond motifs is 2. The molecular weight excluding hydrogens is 394 g/mol. The van der Waals surface area contributed by atoms with Crippen molar-refractivity contribution in [3.8, 4) is 11.3 Å². The van der Waals surface area contributed by atoms with Gasteiger partial charge in [-0.1, -0.05) is 66.2 Å². The van der Waals surface area contributed by atoms with Gasteiger partial charge in [0, 0.05) is 21.4 Å². The Kier molecular flexibility index (Phi) is 4.79. The Labute approximate surface area is 178 Å². The number of hydrogen-bond acceptors (Lipinski definition) is 5. The molecule has 0 aliphatic heterocycles. The van der Waals surface area contributed by atoms with Gasteiger partial charge in [0.1, 0.15) is 0 Å². The van der Waals surface area contributed by atoms with E-state index in [0.717, 1.165) is 38.8 Å². The molecule has 5 nitrogen and oxygen atoms in total. The zero-order valence-electron chi connectivity index (χ0n) is 15.8. The van der Waals surface area contributed by atoms with E-state index in [9.17, 15) is 0 Å². The molecule has 0 unspecified atom stereocenters. The van der Waals surface area contributed by atoms with E-state index < -0.39 is 0 Å². The zero-order chi connectivity index (χ0) is 20.3.